The number of amides is 2. The molecule has 1 atom stereocenters. The second kappa shape index (κ2) is 8.54. The van der Waals surface area contributed by atoms with Gasteiger partial charge in [-0.2, -0.15) is 13.2 Å². The predicted molar refractivity (Wildman–Crippen MR) is 127 cm³/mol. The molecule has 11 heteroatoms. The minimum Gasteiger partial charge on any atom is -0.454 e. The summed E-state index contributed by atoms with van der Waals surface area (Å²) in [5.74, 6) is 0.653. The zero-order valence-electron chi connectivity index (χ0n) is 19.2. The minimum atomic E-state index is -4.54. The molecule has 0 bridgehead atoms. The Balaban J connectivity index is 1.29. The van der Waals surface area contributed by atoms with Crippen LogP contribution in [0.15, 0.2) is 66.7 Å². The van der Waals surface area contributed by atoms with Crippen molar-refractivity contribution < 1.29 is 32.2 Å². The second-order valence-corrected chi connectivity index (χ2v) is 8.73. The number of carbonyl (C=O) groups excluding carboxylic acids is 2. The van der Waals surface area contributed by atoms with Crippen LogP contribution in [0.1, 0.15) is 23.6 Å². The van der Waals surface area contributed by atoms with E-state index in [4.69, 9.17) is 9.47 Å². The van der Waals surface area contributed by atoms with Crippen molar-refractivity contribution >= 4 is 34.5 Å². The van der Waals surface area contributed by atoms with Crippen molar-refractivity contribution in [1.82, 2.24) is 9.55 Å². The lowest BCUT2D eigenvalue weighted by Crippen LogP contribution is -2.31. The summed E-state index contributed by atoms with van der Waals surface area (Å²) in [5.41, 5.74) is 1.24. The lowest BCUT2D eigenvalue weighted by atomic mass is 10.1. The summed E-state index contributed by atoms with van der Waals surface area (Å²) in [6.07, 6.45) is -4.82. The number of anilines is 2. The Morgan fingerprint density at radius 3 is 2.68 bits per heavy atom. The van der Waals surface area contributed by atoms with E-state index in [-0.39, 0.29) is 31.4 Å². The molecule has 4 aromatic rings. The maximum absolute atomic E-state index is 13.6. The number of hydrogen-bond acceptors (Lipinski definition) is 5. The molecular weight excluding hydrogens is 489 g/mol. The fraction of sp³-hybridized carbons (Fsp3) is 0.192. The van der Waals surface area contributed by atoms with Crippen LogP contribution in [0.4, 0.5) is 24.8 Å². The highest BCUT2D eigenvalue weighted by Gasteiger charge is 2.41. The van der Waals surface area contributed by atoms with Crippen molar-refractivity contribution in [3.63, 3.8) is 0 Å². The lowest BCUT2D eigenvalue weighted by molar-refractivity contribution is -0.137. The molecule has 37 heavy (non-hydrogen) atoms. The molecule has 0 spiro atoms. The zero-order chi connectivity index (χ0) is 25.7. The molecule has 1 N–H and O–H groups in total. The number of nitrogens with zero attached hydrogens (tertiary/aromatic N) is 3. The molecule has 2 aliphatic rings. The molecule has 2 amide bonds. The van der Waals surface area contributed by atoms with Gasteiger partial charge in [0.25, 0.3) is 5.91 Å². The van der Waals surface area contributed by atoms with Crippen molar-refractivity contribution in [3.8, 4) is 11.5 Å². The molecule has 8 nitrogen and oxygen atoms in total. The summed E-state index contributed by atoms with van der Waals surface area (Å²) in [7, 11) is 0. The minimum absolute atomic E-state index is 0.00167. The van der Waals surface area contributed by atoms with Crippen molar-refractivity contribution in [2.45, 2.75) is 25.2 Å². The van der Waals surface area contributed by atoms with Crippen molar-refractivity contribution in [3.05, 3.63) is 77.9 Å². The first-order valence-corrected chi connectivity index (χ1v) is 11.4. The molecule has 0 saturated carbocycles. The van der Waals surface area contributed by atoms with Crippen LogP contribution in [0.2, 0.25) is 0 Å². The van der Waals surface area contributed by atoms with Gasteiger partial charge in [0.15, 0.2) is 11.5 Å². The van der Waals surface area contributed by atoms with E-state index in [0.29, 0.717) is 28.5 Å². The highest BCUT2D eigenvalue weighted by atomic mass is 19.4. The van der Waals surface area contributed by atoms with Crippen LogP contribution in [0, 0.1) is 0 Å². The summed E-state index contributed by atoms with van der Waals surface area (Å²) in [6.45, 7) is 0.310. The number of rotatable bonds is 5. The molecule has 0 aliphatic carbocycles. The number of hydrogen-bond donors (Lipinski definition) is 1. The van der Waals surface area contributed by atoms with Gasteiger partial charge < -0.3 is 14.8 Å². The van der Waals surface area contributed by atoms with Gasteiger partial charge in [0.2, 0.25) is 18.6 Å². The van der Waals surface area contributed by atoms with Crippen molar-refractivity contribution in [1.29, 1.82) is 0 Å². The Morgan fingerprint density at radius 1 is 1.03 bits per heavy atom. The van der Waals surface area contributed by atoms with Gasteiger partial charge in [0.05, 0.1) is 29.6 Å². The first kappa shape index (κ1) is 22.9. The SMILES string of the molecule is O=C(C[C@H]1C(=O)N(Cc2ccc3c(c2)OCO3)c2nc3ccccc3n21)Nc1cccc(C(F)(F)F)c1. The Bertz CT molecular complexity index is 1550. The molecule has 6 rings (SSSR count). The van der Waals surface area contributed by atoms with Crippen LogP contribution in [0.3, 0.4) is 0 Å². The number of ether oxygens (including phenoxy) is 2. The van der Waals surface area contributed by atoms with Gasteiger partial charge in [0, 0.05) is 5.69 Å². The molecule has 188 valence electrons. The van der Waals surface area contributed by atoms with Crippen molar-refractivity contribution in [2.24, 2.45) is 0 Å². The summed E-state index contributed by atoms with van der Waals surface area (Å²) >= 11 is 0. The monoisotopic (exact) mass is 508 g/mol. The normalized spacial score (nSPS) is 16.4. The zero-order valence-corrected chi connectivity index (χ0v) is 19.2. The van der Waals surface area contributed by atoms with E-state index >= 15 is 0 Å². The molecule has 0 saturated heterocycles. The summed E-state index contributed by atoms with van der Waals surface area (Å²) in [5, 5.41) is 2.49. The second-order valence-electron chi connectivity index (χ2n) is 8.73. The molecule has 0 radical (unpaired) electrons. The maximum atomic E-state index is 13.6. The van der Waals surface area contributed by atoms with Gasteiger partial charge in [-0.3, -0.25) is 19.1 Å². The predicted octanol–water partition coefficient (Wildman–Crippen LogP) is 4.90. The summed E-state index contributed by atoms with van der Waals surface area (Å²) in [4.78, 5) is 32.6. The first-order chi connectivity index (χ1) is 17.8. The number of benzene rings is 3. The molecule has 3 aromatic carbocycles. The molecule has 2 aliphatic heterocycles. The Labute approximate surface area is 208 Å². The van der Waals surface area contributed by atoms with Gasteiger partial charge >= 0.3 is 6.18 Å². The fourth-order valence-corrected chi connectivity index (χ4v) is 4.63. The van der Waals surface area contributed by atoms with E-state index in [0.717, 1.165) is 17.7 Å². The van der Waals surface area contributed by atoms with Crippen LogP contribution in [-0.2, 0) is 22.3 Å². The van der Waals surface area contributed by atoms with Crippen LogP contribution in [-0.4, -0.2) is 28.2 Å². The molecule has 3 heterocycles. The molecule has 0 unspecified atom stereocenters. The summed E-state index contributed by atoms with van der Waals surface area (Å²) < 4.78 is 51.7. The van der Waals surface area contributed by atoms with Crippen molar-refractivity contribution in [2.75, 3.05) is 17.0 Å². The smallest absolute Gasteiger partial charge is 0.416 e. The van der Waals surface area contributed by atoms with Gasteiger partial charge in [-0.15, -0.1) is 0 Å². The van der Waals surface area contributed by atoms with Gasteiger partial charge in [0.1, 0.15) is 6.04 Å². The summed E-state index contributed by atoms with van der Waals surface area (Å²) in [6, 6.07) is 16.1. The number of aromatic nitrogens is 2. The van der Waals surface area contributed by atoms with Crippen LogP contribution in [0.25, 0.3) is 11.0 Å². The lowest BCUT2D eigenvalue weighted by Gasteiger charge is -2.16. The van der Waals surface area contributed by atoms with E-state index in [9.17, 15) is 22.8 Å². The fourth-order valence-electron chi connectivity index (χ4n) is 4.63. The van der Waals surface area contributed by atoms with Gasteiger partial charge in [-0.05, 0) is 48.0 Å². The number of alkyl halides is 3. The number of imidazole rings is 1. The largest absolute Gasteiger partial charge is 0.454 e. The van der Waals surface area contributed by atoms with Gasteiger partial charge in [-0.25, -0.2) is 4.98 Å². The number of fused-ring (bicyclic) bond motifs is 4. The average Bonchev–Trinajstić information content (AvgIpc) is 3.54. The molecule has 0 fully saturated rings. The van der Waals surface area contributed by atoms with Crippen LogP contribution >= 0.6 is 0 Å². The molecule has 1 aromatic heterocycles. The third-order valence-electron chi connectivity index (χ3n) is 6.31. The van der Waals surface area contributed by atoms with Crippen LogP contribution in [0.5, 0.6) is 11.5 Å². The maximum Gasteiger partial charge on any atom is 0.416 e. The Kier molecular flexibility index (Phi) is 5.28. The number of carbonyl (C=O) groups is 2. The van der Waals surface area contributed by atoms with E-state index in [2.05, 4.69) is 10.3 Å². The standard InChI is InChI=1S/C26H19F3N4O4/c27-26(28,29)16-4-3-5-17(11-16)30-23(34)12-20-24(35)32(13-15-8-9-21-22(10-15)37-14-36-21)25-31-18-6-1-2-7-19(18)33(20)25/h1-11,20H,12-14H2,(H,30,34)/t20-/m0/s1. The average molecular weight is 508 g/mol. The quantitative estimate of drug-likeness (QED) is 0.415. The number of para-hydroxylation sites is 2. The topological polar surface area (TPSA) is 85.7 Å². The third-order valence-corrected chi connectivity index (χ3v) is 6.31. The highest BCUT2D eigenvalue weighted by Crippen LogP contribution is 2.39. The van der Waals surface area contributed by atoms with E-state index in [1.54, 1.807) is 22.8 Å². The third kappa shape index (κ3) is 4.11. The van der Waals surface area contributed by atoms with E-state index in [1.807, 2.05) is 24.3 Å². The van der Waals surface area contributed by atoms with E-state index < -0.39 is 23.7 Å². The highest BCUT2D eigenvalue weighted by molar-refractivity contribution is 6.05. The van der Waals surface area contributed by atoms with Gasteiger partial charge in [-0.1, -0.05) is 24.3 Å². The Morgan fingerprint density at radius 2 is 1.84 bits per heavy atom. The van der Waals surface area contributed by atoms with Crippen LogP contribution < -0.4 is 19.7 Å². The van der Waals surface area contributed by atoms with E-state index in [1.165, 1.54) is 17.0 Å². The first-order valence-electron chi connectivity index (χ1n) is 11.4. The Hall–Kier alpha value is -4.54. The number of halogens is 3. The molecular formula is C26H19F3N4O4. The number of nitrogens with one attached hydrogen (secondary N) is 1.